The molecule has 0 aliphatic heterocycles. The summed E-state index contributed by atoms with van der Waals surface area (Å²) in [5.41, 5.74) is 5.96. The minimum atomic E-state index is 0.00160. The molecule has 0 bridgehead atoms. The number of benzene rings is 1. The Kier molecular flexibility index (Phi) is 4.80. The maximum absolute atomic E-state index is 12.2. The lowest BCUT2D eigenvalue weighted by atomic mass is 10.0. The zero-order valence-corrected chi connectivity index (χ0v) is 11.4. The van der Waals surface area contributed by atoms with E-state index in [1.54, 1.807) is 4.90 Å². The molecular formula is C15H22N2O2. The van der Waals surface area contributed by atoms with Crippen molar-refractivity contribution in [2.24, 2.45) is 11.7 Å². The predicted molar refractivity (Wildman–Crippen MR) is 74.9 cm³/mol. The summed E-state index contributed by atoms with van der Waals surface area (Å²) in [6, 6.07) is 9.67. The normalized spacial score (nSPS) is 22.2. The first-order valence-corrected chi connectivity index (χ1v) is 6.87. The van der Waals surface area contributed by atoms with Gasteiger partial charge in [-0.3, -0.25) is 4.79 Å². The van der Waals surface area contributed by atoms with E-state index in [1.807, 2.05) is 37.4 Å². The van der Waals surface area contributed by atoms with Crippen LogP contribution >= 0.6 is 0 Å². The smallest absolute Gasteiger partial charge is 0.227 e. The molecule has 1 aromatic rings. The SMILES string of the molecule is CN(CCOc1ccccc1)C(=O)C1CCCC1N. The molecule has 4 nitrogen and oxygen atoms in total. The Morgan fingerprint density at radius 3 is 2.74 bits per heavy atom. The standard InChI is InChI=1S/C15H22N2O2/c1-17(15(18)13-8-5-9-14(13)16)10-11-19-12-6-3-2-4-7-12/h2-4,6-7,13-14H,5,8-11,16H2,1H3. The van der Waals surface area contributed by atoms with Crippen LogP contribution < -0.4 is 10.5 Å². The molecule has 0 radical (unpaired) electrons. The summed E-state index contributed by atoms with van der Waals surface area (Å²) in [6.07, 6.45) is 2.95. The number of ether oxygens (including phenoxy) is 1. The van der Waals surface area contributed by atoms with Crippen molar-refractivity contribution in [3.8, 4) is 5.75 Å². The lowest BCUT2D eigenvalue weighted by Gasteiger charge is -2.23. The van der Waals surface area contributed by atoms with Crippen molar-refractivity contribution in [1.82, 2.24) is 4.90 Å². The minimum Gasteiger partial charge on any atom is -0.492 e. The zero-order valence-electron chi connectivity index (χ0n) is 11.4. The van der Waals surface area contributed by atoms with Crippen LogP contribution in [0.2, 0.25) is 0 Å². The molecule has 2 rings (SSSR count). The van der Waals surface area contributed by atoms with Crippen molar-refractivity contribution in [1.29, 1.82) is 0 Å². The van der Waals surface area contributed by atoms with Gasteiger partial charge in [-0.15, -0.1) is 0 Å². The third-order valence-corrected chi connectivity index (χ3v) is 3.70. The number of para-hydroxylation sites is 1. The van der Waals surface area contributed by atoms with Crippen LogP contribution in [-0.2, 0) is 4.79 Å². The molecule has 1 saturated carbocycles. The van der Waals surface area contributed by atoms with Crippen molar-refractivity contribution >= 4 is 5.91 Å². The highest BCUT2D eigenvalue weighted by atomic mass is 16.5. The topological polar surface area (TPSA) is 55.6 Å². The van der Waals surface area contributed by atoms with Crippen molar-refractivity contribution in [3.63, 3.8) is 0 Å². The van der Waals surface area contributed by atoms with Crippen molar-refractivity contribution < 1.29 is 9.53 Å². The van der Waals surface area contributed by atoms with Crippen molar-refractivity contribution in [3.05, 3.63) is 30.3 Å². The molecular weight excluding hydrogens is 240 g/mol. The molecule has 1 aliphatic carbocycles. The third kappa shape index (κ3) is 3.70. The molecule has 0 saturated heterocycles. The summed E-state index contributed by atoms with van der Waals surface area (Å²) in [4.78, 5) is 13.9. The fourth-order valence-electron chi connectivity index (χ4n) is 2.51. The molecule has 1 aliphatic rings. The number of amides is 1. The van der Waals surface area contributed by atoms with Gasteiger partial charge in [-0.1, -0.05) is 24.6 Å². The Bertz CT molecular complexity index is 408. The maximum atomic E-state index is 12.2. The lowest BCUT2D eigenvalue weighted by Crippen LogP contribution is -2.41. The second-order valence-electron chi connectivity index (χ2n) is 5.12. The molecule has 1 amide bonds. The van der Waals surface area contributed by atoms with Crippen LogP contribution in [0.5, 0.6) is 5.75 Å². The van der Waals surface area contributed by atoms with Gasteiger partial charge >= 0.3 is 0 Å². The molecule has 2 N–H and O–H groups in total. The fraction of sp³-hybridized carbons (Fsp3) is 0.533. The lowest BCUT2D eigenvalue weighted by molar-refractivity contribution is -0.134. The number of carbonyl (C=O) groups excluding carboxylic acids is 1. The van der Waals surface area contributed by atoms with E-state index >= 15 is 0 Å². The van der Waals surface area contributed by atoms with Crippen LogP contribution in [0.4, 0.5) is 0 Å². The molecule has 0 heterocycles. The quantitative estimate of drug-likeness (QED) is 0.878. The van der Waals surface area contributed by atoms with E-state index in [1.165, 1.54) is 0 Å². The molecule has 1 aromatic carbocycles. The van der Waals surface area contributed by atoms with Crippen LogP contribution in [0.15, 0.2) is 30.3 Å². The van der Waals surface area contributed by atoms with E-state index in [0.717, 1.165) is 25.0 Å². The van der Waals surface area contributed by atoms with Gasteiger partial charge in [-0.2, -0.15) is 0 Å². The summed E-state index contributed by atoms with van der Waals surface area (Å²) in [7, 11) is 1.82. The van der Waals surface area contributed by atoms with Crippen LogP contribution in [0.1, 0.15) is 19.3 Å². The van der Waals surface area contributed by atoms with E-state index in [9.17, 15) is 4.79 Å². The van der Waals surface area contributed by atoms with Crippen molar-refractivity contribution in [2.75, 3.05) is 20.2 Å². The monoisotopic (exact) mass is 262 g/mol. The van der Waals surface area contributed by atoms with E-state index in [-0.39, 0.29) is 17.9 Å². The summed E-state index contributed by atoms with van der Waals surface area (Å²) >= 11 is 0. The number of carbonyl (C=O) groups is 1. The number of likely N-dealkylation sites (N-methyl/N-ethyl adjacent to an activating group) is 1. The number of hydrogen-bond acceptors (Lipinski definition) is 3. The van der Waals surface area contributed by atoms with Gasteiger partial charge in [-0.05, 0) is 25.0 Å². The van der Waals surface area contributed by atoms with E-state index < -0.39 is 0 Å². The molecule has 4 heteroatoms. The highest BCUT2D eigenvalue weighted by Gasteiger charge is 2.31. The van der Waals surface area contributed by atoms with Gasteiger partial charge in [0.2, 0.25) is 5.91 Å². The molecule has 2 unspecified atom stereocenters. The van der Waals surface area contributed by atoms with Gasteiger partial charge in [0, 0.05) is 13.1 Å². The first-order chi connectivity index (χ1) is 9.18. The minimum absolute atomic E-state index is 0.00160. The van der Waals surface area contributed by atoms with Crippen LogP contribution in [0.25, 0.3) is 0 Å². The molecule has 2 atom stereocenters. The Hall–Kier alpha value is -1.55. The van der Waals surface area contributed by atoms with Gasteiger partial charge in [0.15, 0.2) is 0 Å². The molecule has 1 fully saturated rings. The molecule has 104 valence electrons. The average Bonchev–Trinajstić information content (AvgIpc) is 2.85. The summed E-state index contributed by atoms with van der Waals surface area (Å²) in [6.45, 7) is 1.10. The largest absolute Gasteiger partial charge is 0.492 e. The van der Waals surface area contributed by atoms with E-state index in [0.29, 0.717) is 13.2 Å². The Morgan fingerprint density at radius 1 is 1.37 bits per heavy atom. The van der Waals surface area contributed by atoms with Gasteiger partial charge in [0.05, 0.1) is 12.5 Å². The first kappa shape index (κ1) is 13.9. The van der Waals surface area contributed by atoms with Gasteiger partial charge in [0.25, 0.3) is 0 Å². The fourth-order valence-corrected chi connectivity index (χ4v) is 2.51. The van der Waals surface area contributed by atoms with E-state index in [2.05, 4.69) is 0 Å². The Balaban J connectivity index is 1.75. The predicted octanol–water partition coefficient (Wildman–Crippen LogP) is 1.65. The number of rotatable bonds is 5. The Labute approximate surface area is 114 Å². The molecule has 19 heavy (non-hydrogen) atoms. The highest BCUT2D eigenvalue weighted by Crippen LogP contribution is 2.25. The van der Waals surface area contributed by atoms with Crippen molar-refractivity contribution in [2.45, 2.75) is 25.3 Å². The van der Waals surface area contributed by atoms with Gasteiger partial charge in [0.1, 0.15) is 12.4 Å². The average molecular weight is 262 g/mol. The number of nitrogens with zero attached hydrogens (tertiary/aromatic N) is 1. The second kappa shape index (κ2) is 6.57. The van der Waals surface area contributed by atoms with Crippen LogP contribution in [-0.4, -0.2) is 37.0 Å². The second-order valence-corrected chi connectivity index (χ2v) is 5.12. The molecule has 0 spiro atoms. The summed E-state index contributed by atoms with van der Waals surface area (Å²) < 4.78 is 5.59. The maximum Gasteiger partial charge on any atom is 0.227 e. The van der Waals surface area contributed by atoms with Crippen LogP contribution in [0, 0.1) is 5.92 Å². The van der Waals surface area contributed by atoms with Crippen LogP contribution in [0.3, 0.4) is 0 Å². The van der Waals surface area contributed by atoms with Gasteiger partial charge in [-0.25, -0.2) is 0 Å². The summed E-state index contributed by atoms with van der Waals surface area (Å²) in [5, 5.41) is 0. The summed E-state index contributed by atoms with van der Waals surface area (Å²) in [5.74, 6) is 0.990. The highest BCUT2D eigenvalue weighted by molar-refractivity contribution is 5.79. The zero-order chi connectivity index (χ0) is 13.7. The Morgan fingerprint density at radius 2 is 2.11 bits per heavy atom. The van der Waals surface area contributed by atoms with Gasteiger partial charge < -0.3 is 15.4 Å². The number of hydrogen-bond donors (Lipinski definition) is 1. The van der Waals surface area contributed by atoms with E-state index in [4.69, 9.17) is 10.5 Å². The first-order valence-electron chi connectivity index (χ1n) is 6.87. The third-order valence-electron chi connectivity index (χ3n) is 3.70. The molecule has 0 aromatic heterocycles. The number of nitrogens with two attached hydrogens (primary N) is 1.